The maximum atomic E-state index is 5.79. The highest BCUT2D eigenvalue weighted by Crippen LogP contribution is 2.47. The van der Waals surface area contributed by atoms with E-state index in [-0.39, 0.29) is 5.41 Å². The van der Waals surface area contributed by atoms with Gasteiger partial charge in [-0.15, -0.1) is 0 Å². The van der Waals surface area contributed by atoms with Crippen molar-refractivity contribution in [1.29, 1.82) is 0 Å². The molecule has 0 amide bonds. The first-order valence-corrected chi connectivity index (χ1v) is 5.80. The maximum absolute atomic E-state index is 5.79. The summed E-state index contributed by atoms with van der Waals surface area (Å²) in [6.45, 7) is 0.716. The summed E-state index contributed by atoms with van der Waals surface area (Å²) in [5.41, 5.74) is 8.12. The Morgan fingerprint density at radius 2 is 2.27 bits per heavy atom. The number of benzene rings is 1. The third-order valence-corrected chi connectivity index (χ3v) is 3.86. The van der Waals surface area contributed by atoms with Crippen molar-refractivity contribution in [3.63, 3.8) is 0 Å². The summed E-state index contributed by atoms with van der Waals surface area (Å²) in [5, 5.41) is 4.90. The Morgan fingerprint density at radius 3 is 2.93 bits per heavy atom. The van der Waals surface area contributed by atoms with E-state index in [0.29, 0.717) is 6.54 Å². The van der Waals surface area contributed by atoms with Gasteiger partial charge in [0.2, 0.25) is 0 Å². The van der Waals surface area contributed by atoms with E-state index >= 15 is 0 Å². The van der Waals surface area contributed by atoms with Gasteiger partial charge in [-0.05, 0) is 46.5 Å². The molecule has 0 unspecified atom stereocenters. The second kappa shape index (κ2) is 3.06. The molecule has 4 heteroatoms. The summed E-state index contributed by atoms with van der Waals surface area (Å²) in [6, 6.07) is 6.23. The van der Waals surface area contributed by atoms with Crippen LogP contribution in [-0.4, -0.2) is 11.7 Å². The second-order valence-electron chi connectivity index (χ2n) is 4.17. The fourth-order valence-corrected chi connectivity index (χ4v) is 2.40. The number of hydrogen-bond acceptors (Lipinski definition) is 3. The highest BCUT2D eigenvalue weighted by molar-refractivity contribution is 9.10. The molecular formula is C11H11BrN2O. The van der Waals surface area contributed by atoms with Crippen molar-refractivity contribution in [3.05, 3.63) is 28.4 Å². The first-order valence-electron chi connectivity index (χ1n) is 5.01. The second-order valence-corrected chi connectivity index (χ2v) is 4.92. The largest absolute Gasteiger partial charge is 0.355 e. The van der Waals surface area contributed by atoms with Gasteiger partial charge in [0.1, 0.15) is 0 Å². The van der Waals surface area contributed by atoms with E-state index < -0.39 is 0 Å². The number of nitrogens with zero attached hydrogens (tertiary/aromatic N) is 1. The molecule has 15 heavy (non-hydrogen) atoms. The average molecular weight is 267 g/mol. The lowest BCUT2D eigenvalue weighted by atomic mass is 9.96. The molecule has 1 heterocycles. The number of nitrogens with two attached hydrogens (primary N) is 1. The lowest BCUT2D eigenvalue weighted by Crippen LogP contribution is -2.19. The van der Waals surface area contributed by atoms with Gasteiger partial charge in [0, 0.05) is 12.0 Å². The molecular weight excluding hydrogens is 256 g/mol. The Bertz CT molecular complexity index is 516. The molecule has 2 aromatic rings. The molecule has 1 aliphatic carbocycles. The number of fused-ring (bicyclic) bond motifs is 1. The van der Waals surface area contributed by atoms with E-state index in [1.165, 1.54) is 18.4 Å². The topological polar surface area (TPSA) is 52.0 Å². The molecule has 3 nitrogen and oxygen atoms in total. The van der Waals surface area contributed by atoms with Crippen molar-refractivity contribution in [3.8, 4) is 0 Å². The van der Waals surface area contributed by atoms with Gasteiger partial charge in [-0.3, -0.25) is 0 Å². The SMILES string of the molecule is NCC1(c2ccc3c(Br)noc3c2)CC1. The highest BCUT2D eigenvalue weighted by Gasteiger charge is 2.43. The van der Waals surface area contributed by atoms with Gasteiger partial charge in [0.25, 0.3) is 0 Å². The summed E-state index contributed by atoms with van der Waals surface area (Å²) in [4.78, 5) is 0. The van der Waals surface area contributed by atoms with Gasteiger partial charge in [-0.25, -0.2) is 0 Å². The molecule has 1 saturated carbocycles. The molecule has 1 fully saturated rings. The van der Waals surface area contributed by atoms with Crippen LogP contribution in [0.3, 0.4) is 0 Å². The van der Waals surface area contributed by atoms with Crippen LogP contribution in [0.5, 0.6) is 0 Å². The lowest BCUT2D eigenvalue weighted by molar-refractivity contribution is 0.451. The number of rotatable bonds is 2. The number of aromatic nitrogens is 1. The summed E-state index contributed by atoms with van der Waals surface area (Å²) in [6.07, 6.45) is 2.37. The van der Waals surface area contributed by atoms with E-state index in [2.05, 4.69) is 33.2 Å². The highest BCUT2D eigenvalue weighted by atomic mass is 79.9. The van der Waals surface area contributed by atoms with E-state index in [9.17, 15) is 0 Å². The molecule has 2 N–H and O–H groups in total. The molecule has 1 aliphatic rings. The predicted molar refractivity (Wildman–Crippen MR) is 61.7 cm³/mol. The van der Waals surface area contributed by atoms with Crippen LogP contribution in [0.4, 0.5) is 0 Å². The average Bonchev–Trinajstić information content (AvgIpc) is 2.99. The fourth-order valence-electron chi connectivity index (χ4n) is 2.00. The summed E-state index contributed by atoms with van der Waals surface area (Å²) >= 11 is 3.35. The van der Waals surface area contributed by atoms with Crippen LogP contribution in [-0.2, 0) is 5.41 Å². The zero-order chi connectivity index (χ0) is 10.5. The smallest absolute Gasteiger partial charge is 0.168 e. The predicted octanol–water partition coefficient (Wildman–Crippen LogP) is 2.58. The molecule has 0 atom stereocenters. The third-order valence-electron chi connectivity index (χ3n) is 3.28. The Kier molecular flexibility index (Phi) is 1.91. The van der Waals surface area contributed by atoms with Crippen LogP contribution in [0, 0.1) is 0 Å². The van der Waals surface area contributed by atoms with Crippen LogP contribution >= 0.6 is 15.9 Å². The summed E-state index contributed by atoms with van der Waals surface area (Å²) in [7, 11) is 0. The van der Waals surface area contributed by atoms with Crippen molar-refractivity contribution in [2.75, 3.05) is 6.54 Å². The molecule has 0 saturated heterocycles. The van der Waals surface area contributed by atoms with Gasteiger partial charge < -0.3 is 10.3 Å². The molecule has 1 aromatic carbocycles. The van der Waals surface area contributed by atoms with Crippen LogP contribution < -0.4 is 5.73 Å². The number of hydrogen-bond donors (Lipinski definition) is 1. The third kappa shape index (κ3) is 1.32. The first kappa shape index (κ1) is 9.36. The Balaban J connectivity index is 2.14. The van der Waals surface area contributed by atoms with Crippen LogP contribution in [0.15, 0.2) is 27.3 Å². The molecule has 0 aliphatic heterocycles. The molecule has 78 valence electrons. The van der Waals surface area contributed by atoms with Gasteiger partial charge >= 0.3 is 0 Å². The monoisotopic (exact) mass is 266 g/mol. The zero-order valence-electron chi connectivity index (χ0n) is 8.16. The minimum atomic E-state index is 0.216. The van der Waals surface area contributed by atoms with Gasteiger partial charge in [-0.2, -0.15) is 0 Å². The standard InChI is InChI=1S/C11H11BrN2O/c12-10-8-2-1-7(5-9(8)15-14-10)11(6-13)3-4-11/h1-2,5H,3-4,6,13H2. The van der Waals surface area contributed by atoms with Crippen LogP contribution in [0.2, 0.25) is 0 Å². The normalized spacial score (nSPS) is 18.3. The van der Waals surface area contributed by atoms with Crippen molar-refractivity contribution in [2.45, 2.75) is 18.3 Å². The van der Waals surface area contributed by atoms with Crippen LogP contribution in [0.25, 0.3) is 11.0 Å². The van der Waals surface area contributed by atoms with Crippen LogP contribution in [0.1, 0.15) is 18.4 Å². The Morgan fingerprint density at radius 1 is 1.47 bits per heavy atom. The van der Waals surface area contributed by atoms with E-state index in [1.54, 1.807) is 0 Å². The lowest BCUT2D eigenvalue weighted by Gasteiger charge is -2.11. The van der Waals surface area contributed by atoms with Gasteiger partial charge in [0.15, 0.2) is 10.2 Å². The summed E-state index contributed by atoms with van der Waals surface area (Å²) < 4.78 is 5.98. The quantitative estimate of drug-likeness (QED) is 0.909. The molecule has 0 bridgehead atoms. The molecule has 1 aromatic heterocycles. The van der Waals surface area contributed by atoms with Gasteiger partial charge in [-0.1, -0.05) is 11.2 Å². The van der Waals surface area contributed by atoms with Crippen molar-refractivity contribution in [1.82, 2.24) is 5.16 Å². The van der Waals surface area contributed by atoms with Crippen molar-refractivity contribution >= 4 is 26.9 Å². The van der Waals surface area contributed by atoms with E-state index in [0.717, 1.165) is 15.6 Å². The molecule has 0 spiro atoms. The Hall–Kier alpha value is -0.870. The molecule has 0 radical (unpaired) electrons. The minimum Gasteiger partial charge on any atom is -0.355 e. The number of halogens is 1. The maximum Gasteiger partial charge on any atom is 0.168 e. The minimum absolute atomic E-state index is 0.216. The van der Waals surface area contributed by atoms with Crippen molar-refractivity contribution < 1.29 is 4.52 Å². The molecule has 3 rings (SSSR count). The zero-order valence-corrected chi connectivity index (χ0v) is 9.75. The van der Waals surface area contributed by atoms with E-state index in [1.807, 2.05) is 6.07 Å². The first-order chi connectivity index (χ1) is 7.25. The summed E-state index contributed by atoms with van der Waals surface area (Å²) in [5.74, 6) is 0. The fraction of sp³-hybridized carbons (Fsp3) is 0.364. The van der Waals surface area contributed by atoms with Crippen molar-refractivity contribution in [2.24, 2.45) is 5.73 Å². The Labute approximate surface area is 95.7 Å². The van der Waals surface area contributed by atoms with E-state index in [4.69, 9.17) is 10.3 Å². The van der Waals surface area contributed by atoms with Gasteiger partial charge in [0.05, 0.1) is 5.39 Å².